The molecular formula is C21H21F3N6O3. The number of aliphatic hydroxyl groups excluding tert-OH is 1. The highest BCUT2D eigenvalue weighted by atomic mass is 19.4. The second-order valence-electron chi connectivity index (χ2n) is 7.36. The molecule has 0 fully saturated rings. The van der Waals surface area contributed by atoms with Crippen LogP contribution in [0, 0.1) is 0 Å². The van der Waals surface area contributed by atoms with Gasteiger partial charge in [0.25, 0.3) is 0 Å². The van der Waals surface area contributed by atoms with E-state index < -0.39 is 29.9 Å². The number of carbonyl (C=O) groups is 1. The van der Waals surface area contributed by atoms with Gasteiger partial charge in [-0.05, 0) is 24.6 Å². The van der Waals surface area contributed by atoms with Crippen molar-refractivity contribution in [3.8, 4) is 0 Å². The average Bonchev–Trinajstić information content (AvgIpc) is 3.22. The van der Waals surface area contributed by atoms with Crippen LogP contribution in [0.25, 0.3) is 0 Å². The number of nitrogens with one attached hydrogen (secondary N) is 2. The monoisotopic (exact) mass is 462 g/mol. The minimum atomic E-state index is -4.55. The Labute approximate surface area is 187 Å². The molecule has 2 unspecified atom stereocenters. The van der Waals surface area contributed by atoms with Crippen molar-refractivity contribution in [2.45, 2.75) is 25.3 Å². The molecular weight excluding hydrogens is 441 g/mol. The molecule has 0 radical (unpaired) electrons. The number of benzene rings is 1. The van der Waals surface area contributed by atoms with Gasteiger partial charge in [0.1, 0.15) is 18.6 Å². The molecule has 3 heterocycles. The molecule has 0 spiro atoms. The van der Waals surface area contributed by atoms with Crippen molar-refractivity contribution in [2.75, 3.05) is 19.8 Å². The Balaban J connectivity index is 1.56. The number of hydrogen-bond acceptors (Lipinski definition) is 8. The number of aliphatic imine (C=N–C) groups is 2. The lowest BCUT2D eigenvalue weighted by Gasteiger charge is -2.28. The van der Waals surface area contributed by atoms with E-state index in [0.717, 1.165) is 6.07 Å². The fourth-order valence-corrected chi connectivity index (χ4v) is 3.57. The van der Waals surface area contributed by atoms with Crippen LogP contribution in [0.4, 0.5) is 13.2 Å². The summed E-state index contributed by atoms with van der Waals surface area (Å²) in [6.07, 6.45) is -0.865. The highest BCUT2D eigenvalue weighted by molar-refractivity contribution is 6.17. The largest absolute Gasteiger partial charge is 0.477 e. The number of amidine groups is 1. The Kier molecular flexibility index (Phi) is 6.18. The van der Waals surface area contributed by atoms with Gasteiger partial charge in [-0.25, -0.2) is 10.0 Å². The van der Waals surface area contributed by atoms with Gasteiger partial charge in [-0.15, -0.1) is 0 Å². The van der Waals surface area contributed by atoms with Gasteiger partial charge in [-0.1, -0.05) is 18.2 Å². The normalized spacial score (nSPS) is 21.9. The van der Waals surface area contributed by atoms with Crippen molar-refractivity contribution in [2.24, 2.45) is 15.1 Å². The van der Waals surface area contributed by atoms with E-state index in [1.165, 1.54) is 41.7 Å². The molecule has 1 aromatic carbocycles. The van der Waals surface area contributed by atoms with Gasteiger partial charge in [0, 0.05) is 11.6 Å². The fourth-order valence-electron chi connectivity index (χ4n) is 3.57. The lowest BCUT2D eigenvalue weighted by molar-refractivity contribution is -0.137. The summed E-state index contributed by atoms with van der Waals surface area (Å²) in [5.74, 6) is 0.311. The molecule has 0 aliphatic carbocycles. The van der Waals surface area contributed by atoms with Crippen molar-refractivity contribution in [1.29, 1.82) is 0 Å². The Morgan fingerprint density at radius 3 is 2.91 bits per heavy atom. The third-order valence-electron chi connectivity index (χ3n) is 5.05. The molecule has 0 saturated heterocycles. The van der Waals surface area contributed by atoms with Crippen LogP contribution in [0.1, 0.15) is 18.1 Å². The Hall–Kier alpha value is -3.67. The Morgan fingerprint density at radius 2 is 2.15 bits per heavy atom. The molecule has 12 heteroatoms. The number of carbonyl (C=O) groups excluding carboxylic acids is 1. The van der Waals surface area contributed by atoms with Crippen LogP contribution in [-0.2, 0) is 15.7 Å². The average molecular weight is 462 g/mol. The molecule has 1 aromatic rings. The number of alkyl halides is 3. The van der Waals surface area contributed by atoms with Crippen LogP contribution in [0.3, 0.4) is 0 Å². The number of nitrogens with zero attached hydrogens (tertiary/aromatic N) is 4. The SMILES string of the molecule is CC1=CC(c2ccccc2C(F)(F)F)=NN2C1=NCC2C(=O)NC1C=C(OCCO)NC=N1. The van der Waals surface area contributed by atoms with Crippen LogP contribution in [0.15, 0.2) is 63.0 Å². The maximum absolute atomic E-state index is 13.5. The van der Waals surface area contributed by atoms with E-state index in [1.807, 2.05) is 0 Å². The number of allylic oxidation sites excluding steroid dienone is 1. The number of halogens is 3. The number of amides is 1. The van der Waals surface area contributed by atoms with Gasteiger partial charge in [0.2, 0.25) is 5.91 Å². The van der Waals surface area contributed by atoms with E-state index in [9.17, 15) is 18.0 Å². The smallest absolute Gasteiger partial charge is 0.417 e. The van der Waals surface area contributed by atoms with Crippen LogP contribution in [0.2, 0.25) is 0 Å². The standard InChI is InChI=1S/C21H21F3N6O3/c1-12-8-15(13-4-2-3-5-14(13)21(22,23)24)29-30-16(10-25-19(12)30)20(32)28-17-9-18(27-11-26-17)33-7-6-31/h2-5,8-9,11,16-17,31H,6-7,10H2,1H3,(H,26,27)(H,28,32). The summed E-state index contributed by atoms with van der Waals surface area (Å²) in [5.41, 5.74) is -0.186. The van der Waals surface area contributed by atoms with Crippen molar-refractivity contribution >= 4 is 23.8 Å². The van der Waals surface area contributed by atoms with E-state index in [1.54, 1.807) is 6.92 Å². The van der Waals surface area contributed by atoms with Gasteiger partial charge >= 0.3 is 6.18 Å². The molecule has 3 aliphatic heterocycles. The molecule has 3 N–H and O–H groups in total. The summed E-state index contributed by atoms with van der Waals surface area (Å²) in [6, 6.07) is 4.32. The minimum absolute atomic E-state index is 0.0729. The van der Waals surface area contributed by atoms with E-state index in [4.69, 9.17) is 9.84 Å². The first-order valence-corrected chi connectivity index (χ1v) is 10.1. The summed E-state index contributed by atoms with van der Waals surface area (Å²) in [6.45, 7) is 1.70. The summed E-state index contributed by atoms with van der Waals surface area (Å²) in [7, 11) is 0. The second kappa shape index (κ2) is 9.06. The van der Waals surface area contributed by atoms with E-state index in [2.05, 4.69) is 25.7 Å². The lowest BCUT2D eigenvalue weighted by atomic mass is 9.99. The van der Waals surface area contributed by atoms with E-state index >= 15 is 0 Å². The number of aliphatic hydroxyl groups is 1. The van der Waals surface area contributed by atoms with Crippen molar-refractivity contribution in [1.82, 2.24) is 15.6 Å². The summed E-state index contributed by atoms with van der Waals surface area (Å²) < 4.78 is 45.8. The molecule has 33 heavy (non-hydrogen) atoms. The summed E-state index contributed by atoms with van der Waals surface area (Å²) in [4.78, 5) is 21.4. The van der Waals surface area contributed by atoms with E-state index in [-0.39, 0.29) is 31.0 Å². The second-order valence-corrected chi connectivity index (χ2v) is 7.36. The van der Waals surface area contributed by atoms with Gasteiger partial charge in [-0.2, -0.15) is 18.3 Å². The lowest BCUT2D eigenvalue weighted by Crippen LogP contribution is -2.49. The van der Waals surface area contributed by atoms with Crippen LogP contribution in [-0.4, -0.2) is 65.9 Å². The first-order valence-electron chi connectivity index (χ1n) is 10.1. The number of ether oxygens (including phenoxy) is 1. The highest BCUT2D eigenvalue weighted by Crippen LogP contribution is 2.33. The van der Waals surface area contributed by atoms with Crippen molar-refractivity contribution < 1.29 is 27.8 Å². The molecule has 2 atom stereocenters. The molecule has 1 amide bonds. The van der Waals surface area contributed by atoms with Crippen LogP contribution >= 0.6 is 0 Å². The molecule has 3 aliphatic rings. The van der Waals surface area contributed by atoms with Gasteiger partial charge in [0.05, 0.1) is 30.8 Å². The Morgan fingerprint density at radius 1 is 1.36 bits per heavy atom. The fraction of sp³-hybridized carbons (Fsp3) is 0.333. The quantitative estimate of drug-likeness (QED) is 0.592. The topological polar surface area (TPSA) is 111 Å². The maximum Gasteiger partial charge on any atom is 0.417 e. The van der Waals surface area contributed by atoms with Crippen molar-refractivity contribution in [3.05, 3.63) is 59.0 Å². The molecule has 0 aromatic heterocycles. The highest BCUT2D eigenvalue weighted by Gasteiger charge is 2.39. The van der Waals surface area contributed by atoms with Crippen molar-refractivity contribution in [3.63, 3.8) is 0 Å². The molecule has 4 rings (SSSR count). The molecule has 174 valence electrons. The Bertz CT molecular complexity index is 1090. The maximum atomic E-state index is 13.5. The zero-order valence-electron chi connectivity index (χ0n) is 17.5. The third-order valence-corrected chi connectivity index (χ3v) is 5.05. The van der Waals surface area contributed by atoms with Crippen LogP contribution < -0.4 is 10.6 Å². The number of hydrazone groups is 1. The van der Waals surface area contributed by atoms with Crippen LogP contribution in [0.5, 0.6) is 0 Å². The molecule has 0 saturated carbocycles. The zero-order valence-corrected chi connectivity index (χ0v) is 17.5. The molecule has 9 nitrogen and oxygen atoms in total. The zero-order chi connectivity index (χ0) is 23.6. The number of hydrogen-bond donors (Lipinski definition) is 3. The van der Waals surface area contributed by atoms with Gasteiger partial charge in [-0.3, -0.25) is 9.79 Å². The minimum Gasteiger partial charge on any atom is -0.477 e. The van der Waals surface area contributed by atoms with Gasteiger partial charge in [0.15, 0.2) is 11.9 Å². The van der Waals surface area contributed by atoms with Gasteiger partial charge < -0.3 is 20.5 Å². The predicted molar refractivity (Wildman–Crippen MR) is 114 cm³/mol. The van der Waals surface area contributed by atoms with E-state index in [0.29, 0.717) is 17.3 Å². The summed E-state index contributed by atoms with van der Waals surface area (Å²) >= 11 is 0. The first-order chi connectivity index (χ1) is 15.8. The summed E-state index contributed by atoms with van der Waals surface area (Å²) in [5, 5.41) is 20.0. The third kappa shape index (κ3) is 4.75. The number of rotatable bonds is 6. The number of fused-ring (bicyclic) bond motifs is 1. The first kappa shape index (κ1) is 22.5. The molecule has 0 bridgehead atoms. The predicted octanol–water partition coefficient (Wildman–Crippen LogP) is 1.38.